The number of ether oxygens (including phenoxy) is 1. The van der Waals surface area contributed by atoms with Crippen LogP contribution < -0.4 is 10.1 Å². The molecule has 1 saturated carbocycles. The Morgan fingerprint density at radius 1 is 1.24 bits per heavy atom. The van der Waals surface area contributed by atoms with E-state index in [4.69, 9.17) is 9.15 Å². The topological polar surface area (TPSA) is 109 Å². The Kier molecular flexibility index (Phi) is 5.45. The molecule has 37 heavy (non-hydrogen) atoms. The third-order valence-corrected chi connectivity index (χ3v) is 7.61. The standard InChI is InChI=1S/C27H27FN4O5/c1-13-18(27(35)31-12-21(33)14(31)2)11-32-25(13)22(8-9-29-32)37-16-4-5-17-23(10-16)36-15(3)24(17)26(34)30-20-7-6-19(20)28/h4-5,8-11,14,19-21,33H,6-7,12H2,1-3H3,(H,30,34)/t14-,19-,20?,21?/m0/s1. The number of aromatic nitrogens is 2. The first kappa shape index (κ1) is 23.5. The van der Waals surface area contributed by atoms with Gasteiger partial charge in [0.1, 0.15) is 28.8 Å². The summed E-state index contributed by atoms with van der Waals surface area (Å²) in [4.78, 5) is 27.5. The van der Waals surface area contributed by atoms with Crippen LogP contribution in [0.15, 0.2) is 41.1 Å². The first-order valence-electron chi connectivity index (χ1n) is 12.3. The number of hydrogen-bond acceptors (Lipinski definition) is 6. The van der Waals surface area contributed by atoms with E-state index in [1.54, 1.807) is 53.0 Å². The fraction of sp³-hybridized carbons (Fsp3) is 0.370. The van der Waals surface area contributed by atoms with Gasteiger partial charge in [0.15, 0.2) is 5.75 Å². The summed E-state index contributed by atoms with van der Waals surface area (Å²) in [7, 11) is 0. The smallest absolute Gasteiger partial charge is 0.256 e. The maximum atomic E-state index is 13.6. The number of β-amino-alcohol motifs (C(OH)–C–C–N with tert-alkyl or cyclic N) is 1. The molecule has 4 aromatic rings. The number of aliphatic hydroxyl groups excluding tert-OH is 1. The summed E-state index contributed by atoms with van der Waals surface area (Å²) in [5.41, 5.74) is 2.73. The number of nitrogens with one attached hydrogen (secondary N) is 1. The lowest BCUT2D eigenvalue weighted by Crippen LogP contribution is -2.60. The van der Waals surface area contributed by atoms with E-state index < -0.39 is 18.3 Å². The summed E-state index contributed by atoms with van der Waals surface area (Å²) in [5, 5.41) is 17.5. The fourth-order valence-electron chi connectivity index (χ4n) is 5.07. The number of amides is 2. The van der Waals surface area contributed by atoms with Crippen molar-refractivity contribution in [1.82, 2.24) is 19.8 Å². The molecule has 1 aromatic carbocycles. The Morgan fingerprint density at radius 2 is 2.05 bits per heavy atom. The average molecular weight is 507 g/mol. The summed E-state index contributed by atoms with van der Waals surface area (Å²) < 4.78 is 27.3. The van der Waals surface area contributed by atoms with Crippen LogP contribution in [0.4, 0.5) is 4.39 Å². The quantitative estimate of drug-likeness (QED) is 0.425. The zero-order chi connectivity index (χ0) is 26.0. The minimum atomic E-state index is -1.01. The van der Waals surface area contributed by atoms with E-state index in [2.05, 4.69) is 10.4 Å². The third kappa shape index (κ3) is 3.74. The Labute approximate surface area is 211 Å². The van der Waals surface area contributed by atoms with Crippen molar-refractivity contribution < 1.29 is 28.2 Å². The first-order chi connectivity index (χ1) is 17.7. The molecule has 2 unspecified atom stereocenters. The molecule has 192 valence electrons. The van der Waals surface area contributed by atoms with Crippen molar-refractivity contribution in [3.05, 3.63) is 59.1 Å². The first-order valence-corrected chi connectivity index (χ1v) is 12.3. The zero-order valence-corrected chi connectivity index (χ0v) is 20.7. The average Bonchev–Trinajstić information content (AvgIpc) is 3.40. The van der Waals surface area contributed by atoms with E-state index in [9.17, 15) is 19.1 Å². The second-order valence-electron chi connectivity index (χ2n) is 9.89. The highest BCUT2D eigenvalue weighted by molar-refractivity contribution is 6.07. The van der Waals surface area contributed by atoms with E-state index in [0.29, 0.717) is 64.3 Å². The molecule has 2 N–H and O–H groups in total. The van der Waals surface area contributed by atoms with Gasteiger partial charge in [-0.25, -0.2) is 8.91 Å². The van der Waals surface area contributed by atoms with E-state index in [1.165, 1.54) is 0 Å². The molecule has 0 radical (unpaired) electrons. The van der Waals surface area contributed by atoms with Gasteiger partial charge in [0.05, 0.1) is 35.5 Å². The Hall–Kier alpha value is -3.92. The highest BCUT2D eigenvalue weighted by Gasteiger charge is 2.39. The van der Waals surface area contributed by atoms with Crippen LogP contribution in [0, 0.1) is 13.8 Å². The van der Waals surface area contributed by atoms with Crippen molar-refractivity contribution in [2.24, 2.45) is 0 Å². The number of likely N-dealkylation sites (tertiary alicyclic amines) is 1. The largest absolute Gasteiger partial charge is 0.460 e. The normalized spacial score (nSPS) is 23.1. The summed E-state index contributed by atoms with van der Waals surface area (Å²) in [6.45, 7) is 5.67. The number of carbonyl (C=O) groups is 2. The summed E-state index contributed by atoms with van der Waals surface area (Å²) in [6, 6.07) is 6.21. The lowest BCUT2D eigenvalue weighted by atomic mass is 9.90. The number of halogens is 1. The number of fused-ring (bicyclic) bond motifs is 2. The molecular weight excluding hydrogens is 479 g/mol. The minimum Gasteiger partial charge on any atom is -0.460 e. The number of furan rings is 1. The van der Waals surface area contributed by atoms with Gasteiger partial charge in [0, 0.05) is 30.3 Å². The molecule has 1 aliphatic carbocycles. The molecule has 6 rings (SSSR count). The van der Waals surface area contributed by atoms with E-state index in [1.807, 2.05) is 13.8 Å². The molecule has 1 saturated heterocycles. The number of aliphatic hydroxyl groups is 1. The lowest BCUT2D eigenvalue weighted by molar-refractivity contribution is -0.0357. The van der Waals surface area contributed by atoms with Crippen LogP contribution >= 0.6 is 0 Å². The Balaban J connectivity index is 1.29. The van der Waals surface area contributed by atoms with Gasteiger partial charge in [-0.15, -0.1) is 0 Å². The van der Waals surface area contributed by atoms with Crippen LogP contribution in [0.2, 0.25) is 0 Å². The number of carbonyl (C=O) groups excluding carboxylic acids is 2. The highest BCUT2D eigenvalue weighted by atomic mass is 19.1. The molecule has 2 aliphatic rings. The van der Waals surface area contributed by atoms with Crippen LogP contribution in [-0.4, -0.2) is 62.3 Å². The van der Waals surface area contributed by atoms with Crippen LogP contribution in [0.1, 0.15) is 51.8 Å². The van der Waals surface area contributed by atoms with Crippen LogP contribution in [0.5, 0.6) is 11.5 Å². The molecule has 4 heterocycles. The van der Waals surface area contributed by atoms with E-state index in [0.717, 1.165) is 5.56 Å². The predicted molar refractivity (Wildman–Crippen MR) is 133 cm³/mol. The van der Waals surface area contributed by atoms with Crippen LogP contribution in [0.3, 0.4) is 0 Å². The maximum Gasteiger partial charge on any atom is 0.256 e. The molecule has 10 heteroatoms. The number of aryl methyl sites for hydroxylation is 2. The Bertz CT molecular complexity index is 1560. The maximum absolute atomic E-state index is 13.6. The fourth-order valence-corrected chi connectivity index (χ4v) is 5.07. The molecule has 9 nitrogen and oxygen atoms in total. The second-order valence-corrected chi connectivity index (χ2v) is 9.89. The molecule has 2 fully saturated rings. The van der Waals surface area contributed by atoms with Crippen LogP contribution in [-0.2, 0) is 0 Å². The van der Waals surface area contributed by atoms with Gasteiger partial charge in [0.2, 0.25) is 0 Å². The molecule has 0 bridgehead atoms. The van der Waals surface area contributed by atoms with Gasteiger partial charge in [-0.1, -0.05) is 0 Å². The SMILES string of the molecule is Cc1oc2cc(Oc3ccnn4cc(C(=O)N5CC(O)[C@@H]5C)c(C)c34)ccc2c1C(=O)NC1CC[C@@H]1F. The third-order valence-electron chi connectivity index (χ3n) is 7.61. The van der Waals surface area contributed by atoms with Gasteiger partial charge in [-0.2, -0.15) is 5.10 Å². The van der Waals surface area contributed by atoms with Gasteiger partial charge in [-0.05, 0) is 51.3 Å². The summed E-state index contributed by atoms with van der Waals surface area (Å²) >= 11 is 0. The van der Waals surface area contributed by atoms with E-state index >= 15 is 0 Å². The summed E-state index contributed by atoms with van der Waals surface area (Å²) in [6.07, 6.45) is 2.84. The molecule has 1 aliphatic heterocycles. The van der Waals surface area contributed by atoms with Crippen LogP contribution in [0.25, 0.3) is 16.5 Å². The van der Waals surface area contributed by atoms with Gasteiger partial charge in [0.25, 0.3) is 11.8 Å². The van der Waals surface area contributed by atoms with Crippen molar-refractivity contribution in [3.63, 3.8) is 0 Å². The molecule has 0 spiro atoms. The van der Waals surface area contributed by atoms with Crippen molar-refractivity contribution >= 4 is 28.3 Å². The molecular formula is C27H27FN4O5. The zero-order valence-electron chi connectivity index (χ0n) is 20.7. The van der Waals surface area contributed by atoms with E-state index in [-0.39, 0.29) is 17.9 Å². The molecule has 2 amide bonds. The van der Waals surface area contributed by atoms with Gasteiger partial charge in [-0.3, -0.25) is 9.59 Å². The van der Waals surface area contributed by atoms with Crippen molar-refractivity contribution in [1.29, 1.82) is 0 Å². The summed E-state index contributed by atoms with van der Waals surface area (Å²) in [5.74, 6) is 0.922. The minimum absolute atomic E-state index is 0.161. The van der Waals surface area contributed by atoms with Crippen molar-refractivity contribution in [2.75, 3.05) is 6.54 Å². The number of benzene rings is 1. The predicted octanol–water partition coefficient (Wildman–Crippen LogP) is 3.93. The second kappa shape index (κ2) is 8.58. The van der Waals surface area contributed by atoms with Gasteiger partial charge >= 0.3 is 0 Å². The number of hydrogen-bond donors (Lipinski definition) is 2. The highest BCUT2D eigenvalue weighted by Crippen LogP contribution is 2.35. The Morgan fingerprint density at radius 3 is 2.73 bits per heavy atom. The monoisotopic (exact) mass is 506 g/mol. The molecule has 4 atom stereocenters. The lowest BCUT2D eigenvalue weighted by Gasteiger charge is -2.43. The number of alkyl halides is 1. The van der Waals surface area contributed by atoms with Gasteiger partial charge < -0.3 is 24.5 Å². The van der Waals surface area contributed by atoms with Crippen molar-refractivity contribution in [2.45, 2.75) is 58.0 Å². The number of nitrogens with zero attached hydrogens (tertiary/aromatic N) is 3. The number of rotatable bonds is 5. The van der Waals surface area contributed by atoms with Crippen molar-refractivity contribution in [3.8, 4) is 11.5 Å². The molecule has 3 aromatic heterocycles.